The molecule has 1 unspecified atom stereocenters. The first-order valence-corrected chi connectivity index (χ1v) is 6.39. The smallest absolute Gasteiger partial charge is 0.331 e. The predicted molar refractivity (Wildman–Crippen MR) is 63.5 cm³/mol. The Labute approximate surface area is 105 Å². The van der Waals surface area contributed by atoms with E-state index < -0.39 is 12.0 Å². The summed E-state index contributed by atoms with van der Waals surface area (Å²) in [7, 11) is 0. The van der Waals surface area contributed by atoms with Gasteiger partial charge < -0.3 is 10.0 Å². The number of carboxylic acid groups (broad SMARTS) is 1. The molecule has 0 saturated carbocycles. The van der Waals surface area contributed by atoms with E-state index in [1.54, 1.807) is 0 Å². The highest BCUT2D eigenvalue weighted by atomic mass is 79.9. The van der Waals surface area contributed by atoms with Gasteiger partial charge in [-0.1, -0.05) is 0 Å². The van der Waals surface area contributed by atoms with Crippen LogP contribution in [0.2, 0.25) is 0 Å². The van der Waals surface area contributed by atoms with Crippen LogP contribution in [-0.4, -0.2) is 28.4 Å². The quantitative estimate of drug-likeness (QED) is 0.864. The second-order valence-electron chi connectivity index (χ2n) is 3.64. The lowest BCUT2D eigenvalue weighted by Gasteiger charge is -2.31. The Morgan fingerprint density at radius 1 is 1.62 bits per heavy atom. The maximum atomic E-state index is 11.4. The lowest BCUT2D eigenvalue weighted by Crippen LogP contribution is -2.41. The molecule has 1 aromatic heterocycles. The Hall–Kier alpha value is -0.880. The number of amides is 1. The zero-order chi connectivity index (χ0) is 11.9. The molecular formula is C10H10BrNO3S. The monoisotopic (exact) mass is 303 g/mol. The van der Waals surface area contributed by atoms with Crippen molar-refractivity contribution >= 4 is 39.1 Å². The lowest BCUT2D eigenvalue weighted by atomic mass is 10.0. The van der Waals surface area contributed by atoms with E-state index in [4.69, 9.17) is 0 Å². The van der Waals surface area contributed by atoms with Crippen molar-refractivity contribution in [1.29, 1.82) is 0 Å². The van der Waals surface area contributed by atoms with E-state index in [-0.39, 0.29) is 5.91 Å². The summed E-state index contributed by atoms with van der Waals surface area (Å²) in [6.07, 6.45) is 0.723. The first-order valence-electron chi connectivity index (χ1n) is 4.79. The minimum Gasteiger partial charge on any atom is -0.479 e. The Bertz CT molecular complexity index is 457. The molecule has 1 aliphatic heterocycles. The molecular weight excluding hydrogens is 294 g/mol. The summed E-state index contributed by atoms with van der Waals surface area (Å²) < 4.78 is 0.911. The minimum atomic E-state index is -0.967. The second kappa shape index (κ2) is 4.18. The topological polar surface area (TPSA) is 57.6 Å². The second-order valence-corrected chi connectivity index (χ2v) is 6.11. The largest absolute Gasteiger partial charge is 0.479 e. The molecule has 1 amide bonds. The summed E-state index contributed by atoms with van der Waals surface area (Å²) in [5.41, 5.74) is 1.03. The van der Waals surface area contributed by atoms with Crippen LogP contribution in [0.1, 0.15) is 23.4 Å². The van der Waals surface area contributed by atoms with Crippen molar-refractivity contribution in [3.05, 3.63) is 20.3 Å². The maximum Gasteiger partial charge on any atom is 0.331 e. The van der Waals surface area contributed by atoms with Crippen LogP contribution in [0.3, 0.4) is 0 Å². The van der Waals surface area contributed by atoms with Gasteiger partial charge in [-0.05, 0) is 34.0 Å². The summed E-state index contributed by atoms with van der Waals surface area (Å²) in [5, 5.41) is 9.21. The Morgan fingerprint density at radius 2 is 2.31 bits per heavy atom. The molecule has 4 nitrogen and oxygen atoms in total. The number of halogens is 1. The number of thiophene rings is 1. The third-order valence-corrected chi connectivity index (χ3v) is 4.36. The van der Waals surface area contributed by atoms with Crippen LogP contribution in [0.4, 0.5) is 0 Å². The number of carbonyl (C=O) groups is 2. The van der Waals surface area contributed by atoms with Crippen molar-refractivity contribution in [3.63, 3.8) is 0 Å². The molecule has 1 aliphatic rings. The summed E-state index contributed by atoms with van der Waals surface area (Å²) in [5.74, 6) is -1.16. The number of aliphatic carboxylic acids is 1. The number of nitrogens with zero attached hydrogens (tertiary/aromatic N) is 1. The van der Waals surface area contributed by atoms with Crippen LogP contribution >= 0.6 is 27.3 Å². The van der Waals surface area contributed by atoms with Crippen LogP contribution < -0.4 is 0 Å². The van der Waals surface area contributed by atoms with Gasteiger partial charge in [-0.3, -0.25) is 4.79 Å². The van der Waals surface area contributed by atoms with Gasteiger partial charge in [0.15, 0.2) is 6.04 Å². The van der Waals surface area contributed by atoms with Crippen molar-refractivity contribution in [3.8, 4) is 0 Å². The number of hydrogen-bond donors (Lipinski definition) is 1. The van der Waals surface area contributed by atoms with Crippen molar-refractivity contribution in [2.45, 2.75) is 19.4 Å². The van der Waals surface area contributed by atoms with E-state index >= 15 is 0 Å². The van der Waals surface area contributed by atoms with Crippen molar-refractivity contribution in [2.24, 2.45) is 0 Å². The molecule has 0 spiro atoms. The highest BCUT2D eigenvalue weighted by molar-refractivity contribution is 9.11. The lowest BCUT2D eigenvalue weighted by molar-refractivity contribution is -0.150. The molecule has 0 aliphatic carbocycles. The van der Waals surface area contributed by atoms with Crippen LogP contribution in [0.25, 0.3) is 0 Å². The van der Waals surface area contributed by atoms with Gasteiger partial charge in [-0.15, -0.1) is 11.3 Å². The molecule has 1 N–H and O–H groups in total. The zero-order valence-electron chi connectivity index (χ0n) is 8.57. The Balaban J connectivity index is 2.46. The highest BCUT2D eigenvalue weighted by Crippen LogP contribution is 2.38. The third kappa shape index (κ3) is 1.87. The average Bonchev–Trinajstić information content (AvgIpc) is 2.55. The molecule has 0 fully saturated rings. The number of carboxylic acids is 1. The summed E-state index contributed by atoms with van der Waals surface area (Å²) in [4.78, 5) is 24.8. The van der Waals surface area contributed by atoms with Gasteiger partial charge in [0.25, 0.3) is 0 Å². The first kappa shape index (κ1) is 11.6. The van der Waals surface area contributed by atoms with E-state index in [2.05, 4.69) is 15.9 Å². The molecule has 0 aromatic carbocycles. The van der Waals surface area contributed by atoms with Crippen molar-refractivity contribution in [2.75, 3.05) is 6.54 Å². The van der Waals surface area contributed by atoms with Gasteiger partial charge in [0.05, 0.1) is 3.79 Å². The number of hydrogen-bond acceptors (Lipinski definition) is 3. The SMILES string of the molecule is CC(=O)N1CCc2cc(Br)sc2C1C(=O)O. The molecule has 1 aromatic rings. The molecule has 1 atom stereocenters. The van der Waals surface area contributed by atoms with Gasteiger partial charge >= 0.3 is 5.97 Å². The molecule has 0 saturated heterocycles. The van der Waals surface area contributed by atoms with Gasteiger partial charge in [0.1, 0.15) is 0 Å². The van der Waals surface area contributed by atoms with E-state index in [0.717, 1.165) is 20.6 Å². The molecule has 2 rings (SSSR count). The van der Waals surface area contributed by atoms with E-state index in [0.29, 0.717) is 6.54 Å². The highest BCUT2D eigenvalue weighted by Gasteiger charge is 2.36. The molecule has 86 valence electrons. The molecule has 2 heterocycles. The van der Waals surface area contributed by atoms with Gasteiger partial charge in [0.2, 0.25) is 5.91 Å². The number of rotatable bonds is 1. The van der Waals surface area contributed by atoms with E-state index in [1.807, 2.05) is 6.07 Å². The summed E-state index contributed by atoms with van der Waals surface area (Å²) in [6, 6.07) is 1.12. The van der Waals surface area contributed by atoms with Gasteiger partial charge in [-0.2, -0.15) is 0 Å². The normalized spacial score (nSPS) is 19.4. The third-order valence-electron chi connectivity index (χ3n) is 2.63. The van der Waals surface area contributed by atoms with Crippen LogP contribution in [0.5, 0.6) is 0 Å². The zero-order valence-corrected chi connectivity index (χ0v) is 11.0. The maximum absolute atomic E-state index is 11.4. The van der Waals surface area contributed by atoms with Gasteiger partial charge in [-0.25, -0.2) is 4.79 Å². The fourth-order valence-corrected chi connectivity index (χ4v) is 3.77. The van der Waals surface area contributed by atoms with Gasteiger partial charge in [0, 0.05) is 18.3 Å². The van der Waals surface area contributed by atoms with Crippen molar-refractivity contribution in [1.82, 2.24) is 4.90 Å². The minimum absolute atomic E-state index is 0.192. The average molecular weight is 304 g/mol. The summed E-state index contributed by atoms with van der Waals surface area (Å²) >= 11 is 4.74. The van der Waals surface area contributed by atoms with Crippen molar-refractivity contribution < 1.29 is 14.7 Å². The van der Waals surface area contributed by atoms with Crippen LogP contribution in [-0.2, 0) is 16.0 Å². The van der Waals surface area contributed by atoms with Crippen LogP contribution in [0.15, 0.2) is 9.85 Å². The summed E-state index contributed by atoms with van der Waals surface area (Å²) in [6.45, 7) is 1.88. The van der Waals surface area contributed by atoms with E-state index in [1.165, 1.54) is 23.2 Å². The predicted octanol–water partition coefficient (Wildman–Crippen LogP) is 2.04. The standard InChI is InChI=1S/C10H10BrNO3S/c1-5(13)12-3-2-6-4-7(11)16-9(6)8(12)10(14)15/h4,8H,2-3H2,1H3,(H,14,15). The number of fused-ring (bicyclic) bond motifs is 1. The molecule has 6 heteroatoms. The van der Waals surface area contributed by atoms with E-state index in [9.17, 15) is 14.7 Å². The fourth-order valence-electron chi connectivity index (χ4n) is 1.93. The molecule has 0 bridgehead atoms. The Kier molecular flexibility index (Phi) is 3.03. The Morgan fingerprint density at radius 3 is 2.88 bits per heavy atom. The number of carbonyl (C=O) groups excluding carboxylic acids is 1. The van der Waals surface area contributed by atoms with Crippen LogP contribution in [0, 0.1) is 0 Å². The fraction of sp³-hybridized carbons (Fsp3) is 0.400. The first-order chi connectivity index (χ1) is 7.50. The molecule has 0 radical (unpaired) electrons. The molecule has 16 heavy (non-hydrogen) atoms.